The lowest BCUT2D eigenvalue weighted by molar-refractivity contribution is -0.145. The summed E-state index contributed by atoms with van der Waals surface area (Å²) in [7, 11) is 0. The van der Waals surface area contributed by atoms with Crippen LogP contribution in [-0.4, -0.2) is 11.1 Å². The molecule has 2 rings (SSSR count). The number of aliphatic carboxylic acids is 1. The topological polar surface area (TPSA) is 37.3 Å². The third-order valence-electron chi connectivity index (χ3n) is 3.80. The number of halogens is 5. The van der Waals surface area contributed by atoms with E-state index in [0.29, 0.717) is 12.8 Å². The molecule has 0 heterocycles. The van der Waals surface area contributed by atoms with Crippen molar-refractivity contribution in [3.63, 3.8) is 0 Å². The molecule has 1 aromatic carbocycles. The van der Waals surface area contributed by atoms with Crippen LogP contribution in [0.25, 0.3) is 0 Å². The van der Waals surface area contributed by atoms with Crippen molar-refractivity contribution in [2.24, 2.45) is 0 Å². The molecule has 0 amide bonds. The van der Waals surface area contributed by atoms with Crippen LogP contribution in [0.2, 0.25) is 5.02 Å². The van der Waals surface area contributed by atoms with Crippen LogP contribution >= 0.6 is 27.5 Å². The minimum absolute atomic E-state index is 0.111. The lowest BCUT2D eigenvalue weighted by Gasteiger charge is -2.34. The predicted molar refractivity (Wildman–Crippen MR) is 71.4 cm³/mol. The van der Waals surface area contributed by atoms with Gasteiger partial charge in [0.15, 0.2) is 17.5 Å². The summed E-state index contributed by atoms with van der Waals surface area (Å²) in [4.78, 5) is 11.6. The molecule has 7 heteroatoms. The van der Waals surface area contributed by atoms with E-state index in [4.69, 9.17) is 11.6 Å². The Morgan fingerprint density at radius 3 is 2.15 bits per heavy atom. The van der Waals surface area contributed by atoms with Crippen molar-refractivity contribution in [3.05, 3.63) is 32.5 Å². The van der Waals surface area contributed by atoms with Gasteiger partial charge < -0.3 is 5.11 Å². The highest BCUT2D eigenvalue weighted by Crippen LogP contribution is 2.46. The van der Waals surface area contributed by atoms with E-state index in [9.17, 15) is 23.1 Å². The lowest BCUT2D eigenvalue weighted by Crippen LogP contribution is -2.39. The van der Waals surface area contributed by atoms with Gasteiger partial charge in [-0.05, 0) is 28.8 Å². The molecular weight excluding hydrogens is 360 g/mol. The lowest BCUT2D eigenvalue weighted by atomic mass is 9.69. The molecule has 0 spiro atoms. The van der Waals surface area contributed by atoms with E-state index in [0.717, 1.165) is 6.42 Å². The SMILES string of the molecule is O=C(O)C1(c2c(F)c(F)c(Br)c(F)c2Cl)CCCCC1. The molecular formula is C13H11BrClF3O2. The summed E-state index contributed by atoms with van der Waals surface area (Å²) in [6, 6.07) is 0. The minimum Gasteiger partial charge on any atom is -0.481 e. The van der Waals surface area contributed by atoms with Gasteiger partial charge in [0.25, 0.3) is 0 Å². The second-order valence-electron chi connectivity index (χ2n) is 4.89. The van der Waals surface area contributed by atoms with Crippen LogP contribution in [0.15, 0.2) is 4.47 Å². The third-order valence-corrected chi connectivity index (χ3v) is 4.86. The molecule has 0 aliphatic heterocycles. The Labute approximate surface area is 127 Å². The first-order chi connectivity index (χ1) is 9.33. The summed E-state index contributed by atoms with van der Waals surface area (Å²) in [5.74, 6) is -5.33. The van der Waals surface area contributed by atoms with E-state index in [2.05, 4.69) is 15.9 Å². The molecule has 0 saturated heterocycles. The Morgan fingerprint density at radius 1 is 1.10 bits per heavy atom. The van der Waals surface area contributed by atoms with Crippen LogP contribution < -0.4 is 0 Å². The second-order valence-corrected chi connectivity index (χ2v) is 6.06. The molecule has 1 fully saturated rings. The number of benzene rings is 1. The van der Waals surface area contributed by atoms with E-state index in [-0.39, 0.29) is 12.8 Å². The monoisotopic (exact) mass is 370 g/mol. The van der Waals surface area contributed by atoms with Gasteiger partial charge >= 0.3 is 5.97 Å². The Kier molecular flexibility index (Phi) is 4.35. The molecule has 0 radical (unpaired) electrons. The second kappa shape index (κ2) is 5.56. The smallest absolute Gasteiger partial charge is 0.314 e. The first kappa shape index (κ1) is 15.6. The van der Waals surface area contributed by atoms with E-state index >= 15 is 0 Å². The number of carbonyl (C=O) groups is 1. The largest absolute Gasteiger partial charge is 0.481 e. The Morgan fingerprint density at radius 2 is 1.65 bits per heavy atom. The number of carboxylic acids is 1. The van der Waals surface area contributed by atoms with Gasteiger partial charge in [-0.2, -0.15) is 0 Å². The maximum atomic E-state index is 14.2. The molecule has 1 aliphatic carbocycles. The van der Waals surface area contributed by atoms with Gasteiger partial charge in [-0.15, -0.1) is 0 Å². The number of rotatable bonds is 2. The molecule has 1 aromatic rings. The Balaban J connectivity index is 2.75. The van der Waals surface area contributed by atoms with Gasteiger partial charge in [0.1, 0.15) is 0 Å². The first-order valence-electron chi connectivity index (χ1n) is 6.08. The van der Waals surface area contributed by atoms with Crippen LogP contribution in [-0.2, 0) is 10.2 Å². The molecule has 0 unspecified atom stereocenters. The number of hydrogen-bond acceptors (Lipinski definition) is 1. The molecule has 1 aliphatic rings. The molecule has 20 heavy (non-hydrogen) atoms. The summed E-state index contributed by atoms with van der Waals surface area (Å²) in [5.41, 5.74) is -2.24. The van der Waals surface area contributed by atoms with Gasteiger partial charge in [0.05, 0.1) is 14.9 Å². The van der Waals surface area contributed by atoms with E-state index in [1.165, 1.54) is 0 Å². The summed E-state index contributed by atoms with van der Waals surface area (Å²) >= 11 is 8.34. The fourth-order valence-corrected chi connectivity index (χ4v) is 3.60. The first-order valence-corrected chi connectivity index (χ1v) is 7.25. The van der Waals surface area contributed by atoms with E-state index < -0.39 is 43.9 Å². The van der Waals surface area contributed by atoms with Gasteiger partial charge in [0, 0.05) is 5.56 Å². The molecule has 0 aromatic heterocycles. The highest BCUT2D eigenvalue weighted by molar-refractivity contribution is 9.10. The van der Waals surface area contributed by atoms with Crippen LogP contribution in [0.3, 0.4) is 0 Å². The molecule has 0 atom stereocenters. The summed E-state index contributed by atoms with van der Waals surface area (Å²) in [5, 5.41) is 8.79. The van der Waals surface area contributed by atoms with Crippen molar-refractivity contribution < 1.29 is 23.1 Å². The van der Waals surface area contributed by atoms with Crippen molar-refractivity contribution in [1.82, 2.24) is 0 Å². The maximum Gasteiger partial charge on any atom is 0.314 e. The molecule has 1 saturated carbocycles. The van der Waals surface area contributed by atoms with Gasteiger partial charge in [-0.1, -0.05) is 30.9 Å². The van der Waals surface area contributed by atoms with Crippen molar-refractivity contribution in [2.45, 2.75) is 37.5 Å². The van der Waals surface area contributed by atoms with Crippen LogP contribution in [0, 0.1) is 17.5 Å². The summed E-state index contributed by atoms with van der Waals surface area (Å²) in [6.07, 6.45) is 2.11. The summed E-state index contributed by atoms with van der Waals surface area (Å²) in [6.45, 7) is 0. The minimum atomic E-state index is -1.66. The van der Waals surface area contributed by atoms with Crippen molar-refractivity contribution in [1.29, 1.82) is 0 Å². The predicted octanol–water partition coefficient (Wildman–Crippen LogP) is 4.81. The Bertz CT molecular complexity index is 542. The number of hydrogen-bond donors (Lipinski definition) is 1. The zero-order chi connectivity index (χ0) is 15.1. The zero-order valence-corrected chi connectivity index (χ0v) is 12.6. The molecule has 0 bridgehead atoms. The normalized spacial score (nSPS) is 18.1. The third kappa shape index (κ3) is 2.22. The maximum absolute atomic E-state index is 14.2. The standard InChI is InChI=1S/C13H11BrClF3O2/c14-7-10(17)8(15)6(9(16)11(7)18)13(12(19)20)4-2-1-3-5-13/h1-5H2,(H,19,20). The van der Waals surface area contributed by atoms with Gasteiger partial charge in [-0.3, -0.25) is 4.79 Å². The fraction of sp³-hybridized carbons (Fsp3) is 0.462. The van der Waals surface area contributed by atoms with Crippen molar-refractivity contribution in [3.8, 4) is 0 Å². The number of carboxylic acid groups (broad SMARTS) is 1. The van der Waals surface area contributed by atoms with Crippen molar-refractivity contribution >= 4 is 33.5 Å². The van der Waals surface area contributed by atoms with E-state index in [1.54, 1.807) is 0 Å². The van der Waals surface area contributed by atoms with E-state index in [1.807, 2.05) is 0 Å². The van der Waals surface area contributed by atoms with Crippen LogP contribution in [0.1, 0.15) is 37.7 Å². The van der Waals surface area contributed by atoms with Gasteiger partial charge in [0.2, 0.25) is 0 Å². The highest BCUT2D eigenvalue weighted by atomic mass is 79.9. The average molecular weight is 372 g/mol. The highest BCUT2D eigenvalue weighted by Gasteiger charge is 2.46. The summed E-state index contributed by atoms with van der Waals surface area (Å²) < 4.78 is 41.0. The Hall–Kier alpha value is -0.750. The van der Waals surface area contributed by atoms with Crippen LogP contribution in [0.5, 0.6) is 0 Å². The molecule has 110 valence electrons. The quantitative estimate of drug-likeness (QED) is 0.598. The zero-order valence-electron chi connectivity index (χ0n) is 10.3. The van der Waals surface area contributed by atoms with Crippen LogP contribution in [0.4, 0.5) is 13.2 Å². The fourth-order valence-electron chi connectivity index (χ4n) is 2.75. The van der Waals surface area contributed by atoms with Crippen molar-refractivity contribution in [2.75, 3.05) is 0 Å². The molecule has 1 N–H and O–H groups in total. The average Bonchev–Trinajstić information content (AvgIpc) is 2.44. The molecule has 2 nitrogen and oxygen atoms in total. The van der Waals surface area contributed by atoms with Gasteiger partial charge in [-0.25, -0.2) is 13.2 Å².